The van der Waals surface area contributed by atoms with Gasteiger partial charge in [0.25, 0.3) is 0 Å². The molecule has 0 aliphatic carbocycles. The molecule has 0 N–H and O–H groups in total. The smallest absolute Gasteiger partial charge is 0.0998 e. The van der Waals surface area contributed by atoms with Crippen LogP contribution in [0.4, 0.5) is 0 Å². The zero-order valence-corrected chi connectivity index (χ0v) is 6.35. The van der Waals surface area contributed by atoms with Crippen molar-refractivity contribution in [3.05, 3.63) is 25.0 Å². The Labute approximate surface area is 57.0 Å². The number of hydrogen-bond acceptors (Lipinski definition) is 1. The van der Waals surface area contributed by atoms with Crippen molar-refractivity contribution in [2.75, 3.05) is 0 Å². The molecule has 0 saturated heterocycles. The molecular weight excluding hydrogens is 112 g/mol. The predicted octanol–water partition coefficient (Wildman–Crippen LogP) is 2.50. The van der Waals surface area contributed by atoms with Gasteiger partial charge in [-0.05, 0) is 26.8 Å². The van der Waals surface area contributed by atoms with Crippen LogP contribution in [0, 0.1) is 0 Å². The molecule has 0 aromatic carbocycles. The lowest BCUT2D eigenvalue weighted by Gasteiger charge is -2.17. The fourth-order valence-corrected chi connectivity index (χ4v) is 0.299. The summed E-state index contributed by atoms with van der Waals surface area (Å²) in [5.41, 5.74) is -0.0838. The molecule has 0 aliphatic heterocycles. The van der Waals surface area contributed by atoms with Crippen LogP contribution in [0.3, 0.4) is 0 Å². The van der Waals surface area contributed by atoms with Crippen molar-refractivity contribution in [1.29, 1.82) is 0 Å². The second-order valence-electron chi connectivity index (χ2n) is 2.79. The maximum atomic E-state index is 5.22. The number of rotatable bonds is 2. The lowest BCUT2D eigenvalue weighted by Crippen LogP contribution is -2.14. The van der Waals surface area contributed by atoms with Crippen molar-refractivity contribution in [2.24, 2.45) is 0 Å². The molecule has 0 fully saturated rings. The molecule has 9 heavy (non-hydrogen) atoms. The normalized spacial score (nSPS) is 11.9. The van der Waals surface area contributed by atoms with Crippen LogP contribution in [0.25, 0.3) is 0 Å². The molecule has 0 atom stereocenters. The van der Waals surface area contributed by atoms with Crippen LogP contribution >= 0.6 is 0 Å². The van der Waals surface area contributed by atoms with Crippen molar-refractivity contribution >= 4 is 0 Å². The van der Waals surface area contributed by atoms with Gasteiger partial charge < -0.3 is 4.74 Å². The van der Waals surface area contributed by atoms with Crippen molar-refractivity contribution in [3.8, 4) is 0 Å². The maximum absolute atomic E-state index is 5.22. The van der Waals surface area contributed by atoms with Gasteiger partial charge in [-0.15, -0.1) is 0 Å². The molecule has 0 heterocycles. The minimum absolute atomic E-state index is 0.0838. The first-order valence-corrected chi connectivity index (χ1v) is 3.01. The van der Waals surface area contributed by atoms with Crippen LogP contribution in [0.1, 0.15) is 20.8 Å². The highest BCUT2D eigenvalue weighted by molar-refractivity contribution is 4.93. The number of allylic oxidation sites excluding steroid dienone is 2. The molecule has 0 bridgehead atoms. The second kappa shape index (κ2) is 3.33. The van der Waals surface area contributed by atoms with Gasteiger partial charge in [-0.2, -0.15) is 0 Å². The summed E-state index contributed by atoms with van der Waals surface area (Å²) < 4.78 is 5.22. The molecule has 0 rings (SSSR count). The molecular formula is C8H14O. The van der Waals surface area contributed by atoms with E-state index in [1.165, 1.54) is 0 Å². The maximum Gasteiger partial charge on any atom is 0.0998 e. The SMILES string of the molecule is C=C/C=C\OC(C)(C)C. The zero-order chi connectivity index (χ0) is 7.33. The Bertz CT molecular complexity index is 106. The van der Waals surface area contributed by atoms with Crippen molar-refractivity contribution in [2.45, 2.75) is 26.4 Å². The van der Waals surface area contributed by atoms with E-state index >= 15 is 0 Å². The highest BCUT2D eigenvalue weighted by atomic mass is 16.5. The average Bonchev–Trinajstić information content (AvgIpc) is 1.63. The Balaban J connectivity index is 3.50. The third kappa shape index (κ3) is 7.28. The number of ether oxygens (including phenoxy) is 1. The Morgan fingerprint density at radius 2 is 1.89 bits per heavy atom. The third-order valence-electron chi connectivity index (χ3n) is 0.636. The molecule has 52 valence electrons. The molecule has 0 saturated carbocycles. The average molecular weight is 126 g/mol. The van der Waals surface area contributed by atoms with E-state index in [9.17, 15) is 0 Å². The summed E-state index contributed by atoms with van der Waals surface area (Å²) in [6, 6.07) is 0. The van der Waals surface area contributed by atoms with Gasteiger partial charge in [0.15, 0.2) is 0 Å². The Morgan fingerprint density at radius 1 is 1.33 bits per heavy atom. The Kier molecular flexibility index (Phi) is 3.07. The molecule has 1 heteroatoms. The van der Waals surface area contributed by atoms with Crippen LogP contribution < -0.4 is 0 Å². The molecule has 0 amide bonds. The monoisotopic (exact) mass is 126 g/mol. The van der Waals surface area contributed by atoms with Gasteiger partial charge in [-0.25, -0.2) is 0 Å². The van der Waals surface area contributed by atoms with E-state index in [2.05, 4.69) is 6.58 Å². The molecule has 0 unspecified atom stereocenters. The van der Waals surface area contributed by atoms with E-state index in [1.807, 2.05) is 20.8 Å². The molecule has 0 aromatic heterocycles. The highest BCUT2D eigenvalue weighted by Crippen LogP contribution is 2.06. The lowest BCUT2D eigenvalue weighted by molar-refractivity contribution is 0.0768. The molecule has 0 aliphatic rings. The van der Waals surface area contributed by atoms with Gasteiger partial charge in [-0.1, -0.05) is 12.7 Å². The standard InChI is InChI=1S/C8H14O/c1-5-6-7-9-8(2,3)4/h5-7H,1H2,2-4H3/b7-6-. The summed E-state index contributed by atoms with van der Waals surface area (Å²) in [4.78, 5) is 0. The number of hydrogen-bond donors (Lipinski definition) is 0. The quantitative estimate of drug-likeness (QED) is 0.408. The Morgan fingerprint density at radius 3 is 2.22 bits per heavy atom. The van der Waals surface area contributed by atoms with Crippen molar-refractivity contribution in [3.63, 3.8) is 0 Å². The van der Waals surface area contributed by atoms with Crippen LogP contribution in [0.5, 0.6) is 0 Å². The van der Waals surface area contributed by atoms with E-state index in [1.54, 1.807) is 18.4 Å². The first-order valence-electron chi connectivity index (χ1n) is 3.01. The summed E-state index contributed by atoms with van der Waals surface area (Å²) in [6.07, 6.45) is 5.10. The Hall–Kier alpha value is -0.720. The van der Waals surface area contributed by atoms with E-state index in [4.69, 9.17) is 4.74 Å². The molecule has 1 nitrogen and oxygen atoms in total. The fourth-order valence-electron chi connectivity index (χ4n) is 0.299. The molecule has 0 spiro atoms. The van der Waals surface area contributed by atoms with Gasteiger partial charge in [0.1, 0.15) is 0 Å². The van der Waals surface area contributed by atoms with Crippen molar-refractivity contribution in [1.82, 2.24) is 0 Å². The molecule has 0 radical (unpaired) electrons. The third-order valence-corrected chi connectivity index (χ3v) is 0.636. The minimum atomic E-state index is -0.0838. The summed E-state index contributed by atoms with van der Waals surface area (Å²) in [6.45, 7) is 9.51. The first kappa shape index (κ1) is 8.28. The van der Waals surface area contributed by atoms with Gasteiger partial charge in [-0.3, -0.25) is 0 Å². The summed E-state index contributed by atoms with van der Waals surface area (Å²) in [7, 11) is 0. The fraction of sp³-hybridized carbons (Fsp3) is 0.500. The van der Waals surface area contributed by atoms with Crippen LogP contribution in [0.2, 0.25) is 0 Å². The highest BCUT2D eigenvalue weighted by Gasteiger charge is 2.06. The lowest BCUT2D eigenvalue weighted by atomic mass is 10.2. The van der Waals surface area contributed by atoms with Gasteiger partial charge in [0, 0.05) is 0 Å². The van der Waals surface area contributed by atoms with Crippen LogP contribution in [-0.2, 0) is 4.74 Å². The summed E-state index contributed by atoms with van der Waals surface area (Å²) in [5.74, 6) is 0. The van der Waals surface area contributed by atoms with E-state index < -0.39 is 0 Å². The minimum Gasteiger partial charge on any atom is -0.496 e. The van der Waals surface area contributed by atoms with E-state index in [-0.39, 0.29) is 5.60 Å². The predicted molar refractivity (Wildman–Crippen MR) is 40.2 cm³/mol. The zero-order valence-electron chi connectivity index (χ0n) is 6.35. The van der Waals surface area contributed by atoms with Gasteiger partial charge >= 0.3 is 0 Å². The van der Waals surface area contributed by atoms with Gasteiger partial charge in [0.05, 0.1) is 11.9 Å². The largest absolute Gasteiger partial charge is 0.496 e. The van der Waals surface area contributed by atoms with Gasteiger partial charge in [0.2, 0.25) is 0 Å². The topological polar surface area (TPSA) is 9.23 Å². The van der Waals surface area contributed by atoms with Crippen LogP contribution in [0.15, 0.2) is 25.0 Å². The summed E-state index contributed by atoms with van der Waals surface area (Å²) in [5, 5.41) is 0. The first-order chi connectivity index (χ1) is 4.06. The molecule has 0 aromatic rings. The summed E-state index contributed by atoms with van der Waals surface area (Å²) >= 11 is 0. The van der Waals surface area contributed by atoms with Crippen LogP contribution in [-0.4, -0.2) is 5.60 Å². The van der Waals surface area contributed by atoms with Crippen molar-refractivity contribution < 1.29 is 4.74 Å². The van der Waals surface area contributed by atoms with E-state index in [0.717, 1.165) is 0 Å². The van der Waals surface area contributed by atoms with E-state index in [0.29, 0.717) is 0 Å². The second-order valence-corrected chi connectivity index (χ2v) is 2.79.